The van der Waals surface area contributed by atoms with Gasteiger partial charge >= 0.3 is 0 Å². The normalized spacial score (nSPS) is 20.7. The zero-order valence-electron chi connectivity index (χ0n) is 18.5. The van der Waals surface area contributed by atoms with Gasteiger partial charge in [-0.25, -0.2) is 0 Å². The molecular weight excluding hydrogens is 388 g/mol. The molecule has 0 saturated carbocycles. The van der Waals surface area contributed by atoms with E-state index in [1.807, 2.05) is 12.1 Å². The molecule has 2 aromatic rings. The number of amides is 1. The molecule has 0 unspecified atom stereocenters. The van der Waals surface area contributed by atoms with Gasteiger partial charge in [-0.15, -0.1) is 0 Å². The smallest absolute Gasteiger partial charge is 0.222 e. The minimum Gasteiger partial charge on any atom is -0.497 e. The van der Waals surface area contributed by atoms with E-state index in [1.165, 1.54) is 11.1 Å². The maximum absolute atomic E-state index is 12.8. The van der Waals surface area contributed by atoms with Crippen LogP contribution in [0, 0.1) is 0 Å². The summed E-state index contributed by atoms with van der Waals surface area (Å²) in [6, 6.07) is 19.2. The third kappa shape index (κ3) is 5.28. The Morgan fingerprint density at radius 3 is 2.55 bits per heavy atom. The summed E-state index contributed by atoms with van der Waals surface area (Å²) in [7, 11) is 1.68. The van der Waals surface area contributed by atoms with Gasteiger partial charge in [0.05, 0.1) is 7.11 Å². The lowest BCUT2D eigenvalue weighted by atomic mass is 9.73. The first-order valence-corrected chi connectivity index (χ1v) is 11.5. The quantitative estimate of drug-likeness (QED) is 0.623. The molecule has 5 nitrogen and oxygen atoms in total. The Kier molecular flexibility index (Phi) is 7.25. The van der Waals surface area contributed by atoms with Crippen molar-refractivity contribution in [2.24, 2.45) is 0 Å². The van der Waals surface area contributed by atoms with Crippen molar-refractivity contribution in [3.63, 3.8) is 0 Å². The zero-order valence-corrected chi connectivity index (χ0v) is 18.5. The number of methoxy groups -OCH3 is 1. The number of rotatable bonds is 9. The van der Waals surface area contributed by atoms with E-state index >= 15 is 0 Å². The molecule has 31 heavy (non-hydrogen) atoms. The Labute approximate surface area is 185 Å². The van der Waals surface area contributed by atoms with E-state index in [0.717, 1.165) is 64.3 Å². The van der Waals surface area contributed by atoms with Crippen LogP contribution in [0.2, 0.25) is 0 Å². The summed E-state index contributed by atoms with van der Waals surface area (Å²) in [5.41, 5.74) is 2.59. The number of carbonyl (C=O) groups excluding carboxylic acids is 1. The predicted molar refractivity (Wildman–Crippen MR) is 122 cm³/mol. The van der Waals surface area contributed by atoms with E-state index in [-0.39, 0.29) is 5.41 Å². The first kappa shape index (κ1) is 21.8. The molecule has 0 bridgehead atoms. The van der Waals surface area contributed by atoms with Crippen LogP contribution in [0.3, 0.4) is 0 Å². The number of hydrogen-bond donors (Lipinski definition) is 1. The topological polar surface area (TPSA) is 50.8 Å². The van der Waals surface area contributed by atoms with Gasteiger partial charge in [-0.3, -0.25) is 4.79 Å². The third-order valence-corrected chi connectivity index (χ3v) is 6.90. The number of nitrogens with zero attached hydrogens (tertiary/aromatic N) is 1. The number of nitrogens with one attached hydrogen (secondary N) is 1. The van der Waals surface area contributed by atoms with E-state index in [1.54, 1.807) is 7.11 Å². The van der Waals surface area contributed by atoms with Crippen molar-refractivity contribution < 1.29 is 14.3 Å². The molecule has 2 fully saturated rings. The summed E-state index contributed by atoms with van der Waals surface area (Å²) in [5.74, 6) is 1.19. The minimum absolute atomic E-state index is 0.00822. The van der Waals surface area contributed by atoms with E-state index in [4.69, 9.17) is 9.47 Å². The van der Waals surface area contributed by atoms with Gasteiger partial charge in [0.15, 0.2) is 0 Å². The maximum Gasteiger partial charge on any atom is 0.222 e. The van der Waals surface area contributed by atoms with E-state index < -0.39 is 0 Å². The van der Waals surface area contributed by atoms with Crippen molar-refractivity contribution in [2.45, 2.75) is 50.1 Å². The number of carbonyl (C=O) groups is 1. The second-order valence-corrected chi connectivity index (χ2v) is 8.79. The van der Waals surface area contributed by atoms with Gasteiger partial charge in [0.1, 0.15) is 5.75 Å². The number of hydrogen-bond acceptors (Lipinski definition) is 4. The van der Waals surface area contributed by atoms with Gasteiger partial charge in [-0.1, -0.05) is 42.5 Å². The monoisotopic (exact) mass is 422 g/mol. The van der Waals surface area contributed by atoms with Crippen LogP contribution in [0.4, 0.5) is 0 Å². The van der Waals surface area contributed by atoms with Crippen LogP contribution < -0.4 is 10.1 Å². The summed E-state index contributed by atoms with van der Waals surface area (Å²) < 4.78 is 10.9. The second kappa shape index (κ2) is 10.3. The highest BCUT2D eigenvalue weighted by Gasteiger charge is 2.41. The van der Waals surface area contributed by atoms with Crippen LogP contribution in [0.25, 0.3) is 0 Å². The average molecular weight is 423 g/mol. The Balaban J connectivity index is 1.35. The summed E-state index contributed by atoms with van der Waals surface area (Å²) in [6.45, 7) is 4.08. The van der Waals surface area contributed by atoms with E-state index in [0.29, 0.717) is 18.4 Å². The number of benzene rings is 2. The van der Waals surface area contributed by atoms with Crippen molar-refractivity contribution in [3.05, 3.63) is 65.7 Å². The Morgan fingerprint density at radius 1 is 1.10 bits per heavy atom. The molecule has 2 aliphatic heterocycles. The molecule has 1 amide bonds. The minimum atomic E-state index is 0.00822. The van der Waals surface area contributed by atoms with Crippen LogP contribution in [-0.4, -0.2) is 50.3 Å². The second-order valence-electron chi connectivity index (χ2n) is 8.79. The van der Waals surface area contributed by atoms with Gasteiger partial charge in [0.25, 0.3) is 0 Å². The first-order chi connectivity index (χ1) is 15.2. The van der Waals surface area contributed by atoms with Crippen LogP contribution >= 0.6 is 0 Å². The fourth-order valence-electron chi connectivity index (χ4n) is 4.97. The highest BCUT2D eigenvalue weighted by atomic mass is 16.5. The van der Waals surface area contributed by atoms with Crippen LogP contribution in [0.15, 0.2) is 54.6 Å². The molecule has 0 aromatic heterocycles. The number of ether oxygens (including phenoxy) is 2. The molecule has 2 aliphatic rings. The van der Waals surface area contributed by atoms with Crippen LogP contribution in [-0.2, 0) is 21.5 Å². The van der Waals surface area contributed by atoms with Gasteiger partial charge in [-0.05, 0) is 55.5 Å². The molecule has 1 N–H and O–H groups in total. The molecule has 4 rings (SSSR count). The van der Waals surface area contributed by atoms with E-state index in [9.17, 15) is 4.79 Å². The molecule has 1 atom stereocenters. The summed E-state index contributed by atoms with van der Waals surface area (Å²) >= 11 is 0. The average Bonchev–Trinajstić information content (AvgIpc) is 3.17. The van der Waals surface area contributed by atoms with E-state index in [2.05, 4.69) is 52.7 Å². The molecule has 0 radical (unpaired) electrons. The van der Waals surface area contributed by atoms with Crippen molar-refractivity contribution in [1.82, 2.24) is 10.2 Å². The molecule has 166 valence electrons. The largest absolute Gasteiger partial charge is 0.497 e. The van der Waals surface area contributed by atoms with Gasteiger partial charge in [0.2, 0.25) is 5.91 Å². The molecule has 0 aliphatic carbocycles. The van der Waals surface area contributed by atoms with Crippen LogP contribution in [0.1, 0.15) is 43.2 Å². The highest BCUT2D eigenvalue weighted by Crippen LogP contribution is 2.38. The lowest BCUT2D eigenvalue weighted by Gasteiger charge is -2.42. The van der Waals surface area contributed by atoms with Gasteiger partial charge < -0.3 is 19.7 Å². The van der Waals surface area contributed by atoms with Gasteiger partial charge in [-0.2, -0.15) is 0 Å². The summed E-state index contributed by atoms with van der Waals surface area (Å²) in [6.07, 6.45) is 4.57. The van der Waals surface area contributed by atoms with Crippen molar-refractivity contribution >= 4 is 5.91 Å². The number of likely N-dealkylation sites (tertiary alicyclic amines) is 1. The molecule has 0 spiro atoms. The molecule has 5 heteroatoms. The first-order valence-electron chi connectivity index (χ1n) is 11.5. The third-order valence-electron chi connectivity index (χ3n) is 6.90. The fourth-order valence-corrected chi connectivity index (χ4v) is 4.97. The standard InChI is InChI=1S/C26H34N2O3/c1-30-24-10-7-21(8-11-24)19-27-16-13-23-9-12-25(29)28(23)20-26(14-17-31-18-15-26)22-5-3-2-4-6-22/h2-8,10-11,23,27H,9,12-20H2,1H3/t23-/m0/s1. The summed E-state index contributed by atoms with van der Waals surface area (Å²) in [5, 5.41) is 3.55. The highest BCUT2D eigenvalue weighted by molar-refractivity contribution is 5.79. The zero-order chi connectivity index (χ0) is 21.5. The molecule has 2 heterocycles. The Morgan fingerprint density at radius 2 is 1.84 bits per heavy atom. The molecular formula is C26H34N2O3. The predicted octanol–water partition coefficient (Wildman–Crippen LogP) is 3.91. The molecule has 2 aromatic carbocycles. The Hall–Kier alpha value is -2.37. The van der Waals surface area contributed by atoms with Crippen molar-refractivity contribution in [3.8, 4) is 5.75 Å². The van der Waals surface area contributed by atoms with Crippen molar-refractivity contribution in [2.75, 3.05) is 33.4 Å². The Bertz CT molecular complexity index is 831. The lowest BCUT2D eigenvalue weighted by molar-refractivity contribution is -0.130. The van der Waals surface area contributed by atoms with Gasteiger partial charge in [0, 0.05) is 44.2 Å². The molecule has 2 saturated heterocycles. The maximum atomic E-state index is 12.8. The lowest BCUT2D eigenvalue weighted by Crippen LogP contribution is -2.48. The fraction of sp³-hybridized carbons (Fsp3) is 0.500. The SMILES string of the molecule is COc1ccc(CNCC[C@@H]2CCC(=O)N2CC2(c3ccccc3)CCOCC2)cc1. The van der Waals surface area contributed by atoms with Crippen LogP contribution in [0.5, 0.6) is 5.75 Å². The summed E-state index contributed by atoms with van der Waals surface area (Å²) in [4.78, 5) is 15.0. The van der Waals surface area contributed by atoms with Crippen molar-refractivity contribution in [1.29, 1.82) is 0 Å².